The van der Waals surface area contributed by atoms with Crippen LogP contribution in [0.3, 0.4) is 0 Å². The van der Waals surface area contributed by atoms with Crippen LogP contribution in [0, 0.1) is 13.8 Å². The van der Waals surface area contributed by atoms with Crippen LogP contribution in [-0.2, 0) is 4.74 Å². The highest BCUT2D eigenvalue weighted by atomic mass is 16.5. The van der Waals surface area contributed by atoms with Crippen molar-refractivity contribution in [3.63, 3.8) is 0 Å². The summed E-state index contributed by atoms with van der Waals surface area (Å²) in [6.45, 7) is 6.40. The monoisotopic (exact) mass is 312 g/mol. The van der Waals surface area contributed by atoms with E-state index < -0.39 is 0 Å². The van der Waals surface area contributed by atoms with E-state index in [1.54, 1.807) is 17.2 Å². The van der Waals surface area contributed by atoms with Gasteiger partial charge >= 0.3 is 0 Å². The maximum atomic E-state index is 12.5. The number of benzene rings is 1. The van der Waals surface area contributed by atoms with Crippen molar-refractivity contribution in [3.05, 3.63) is 47.3 Å². The molecule has 1 aromatic carbocycles. The molecule has 1 aliphatic rings. The molecule has 6 heteroatoms. The number of para-hydroxylation sites is 1. The molecule has 2 aromatic rings. The standard InChI is InChI=1S/C17H20N4O2/c1-12-4-3-5-13(2)15(12)20-17-18-7-6-14(19-17)16(22)21-8-10-23-11-9-21/h3-7H,8-11H2,1-2H3,(H,18,19,20). The lowest BCUT2D eigenvalue weighted by molar-refractivity contribution is 0.0299. The number of carbonyl (C=O) groups excluding carboxylic acids is 1. The third kappa shape index (κ3) is 3.48. The van der Waals surface area contributed by atoms with Gasteiger partial charge in [0.2, 0.25) is 5.95 Å². The summed E-state index contributed by atoms with van der Waals surface area (Å²) in [7, 11) is 0. The van der Waals surface area contributed by atoms with E-state index in [-0.39, 0.29) is 5.91 Å². The van der Waals surface area contributed by atoms with Gasteiger partial charge in [0.15, 0.2) is 0 Å². The number of rotatable bonds is 3. The highest BCUT2D eigenvalue weighted by Gasteiger charge is 2.20. The smallest absolute Gasteiger partial charge is 0.272 e. The fourth-order valence-electron chi connectivity index (χ4n) is 2.59. The average molecular weight is 312 g/mol. The molecule has 0 unspecified atom stereocenters. The molecule has 1 amide bonds. The van der Waals surface area contributed by atoms with E-state index in [1.165, 1.54) is 0 Å². The average Bonchev–Trinajstić information content (AvgIpc) is 2.59. The fourth-order valence-corrected chi connectivity index (χ4v) is 2.59. The van der Waals surface area contributed by atoms with Crippen molar-refractivity contribution < 1.29 is 9.53 Å². The van der Waals surface area contributed by atoms with Gasteiger partial charge in [0, 0.05) is 25.0 Å². The number of carbonyl (C=O) groups is 1. The summed E-state index contributed by atoms with van der Waals surface area (Å²) in [5.74, 6) is 0.349. The molecular formula is C17H20N4O2. The molecule has 0 aliphatic carbocycles. The molecule has 1 N–H and O–H groups in total. The van der Waals surface area contributed by atoms with Crippen molar-refractivity contribution in [2.45, 2.75) is 13.8 Å². The molecule has 120 valence electrons. The van der Waals surface area contributed by atoms with Gasteiger partial charge < -0.3 is 15.0 Å². The Kier molecular flexibility index (Phi) is 4.52. The number of ether oxygens (including phenoxy) is 1. The molecule has 1 saturated heterocycles. The molecule has 1 aromatic heterocycles. The third-order valence-corrected chi connectivity index (χ3v) is 3.89. The van der Waals surface area contributed by atoms with Crippen LogP contribution in [0.25, 0.3) is 0 Å². The van der Waals surface area contributed by atoms with Crippen LogP contribution >= 0.6 is 0 Å². The fraction of sp³-hybridized carbons (Fsp3) is 0.353. The number of nitrogens with zero attached hydrogens (tertiary/aromatic N) is 3. The number of amides is 1. The van der Waals surface area contributed by atoms with E-state index in [0.717, 1.165) is 16.8 Å². The highest BCUT2D eigenvalue weighted by molar-refractivity contribution is 5.92. The van der Waals surface area contributed by atoms with Crippen LogP contribution in [0.1, 0.15) is 21.6 Å². The lowest BCUT2D eigenvalue weighted by Gasteiger charge is -2.26. The van der Waals surface area contributed by atoms with Crippen molar-refractivity contribution in [1.82, 2.24) is 14.9 Å². The lowest BCUT2D eigenvalue weighted by atomic mass is 10.1. The van der Waals surface area contributed by atoms with Gasteiger partial charge in [-0.25, -0.2) is 9.97 Å². The highest BCUT2D eigenvalue weighted by Crippen LogP contribution is 2.22. The number of hydrogen-bond donors (Lipinski definition) is 1. The van der Waals surface area contributed by atoms with E-state index in [9.17, 15) is 4.79 Å². The third-order valence-electron chi connectivity index (χ3n) is 3.89. The van der Waals surface area contributed by atoms with Crippen LogP contribution in [0.4, 0.5) is 11.6 Å². The predicted molar refractivity (Wildman–Crippen MR) is 88.0 cm³/mol. The molecule has 23 heavy (non-hydrogen) atoms. The maximum Gasteiger partial charge on any atom is 0.272 e. The van der Waals surface area contributed by atoms with Crippen LogP contribution in [-0.4, -0.2) is 47.1 Å². The molecule has 0 atom stereocenters. The van der Waals surface area contributed by atoms with Crippen molar-refractivity contribution >= 4 is 17.5 Å². The van der Waals surface area contributed by atoms with E-state index in [2.05, 4.69) is 15.3 Å². The van der Waals surface area contributed by atoms with E-state index in [4.69, 9.17) is 4.74 Å². The minimum atomic E-state index is -0.0831. The number of hydrogen-bond acceptors (Lipinski definition) is 5. The van der Waals surface area contributed by atoms with Gasteiger partial charge in [0.1, 0.15) is 5.69 Å². The largest absolute Gasteiger partial charge is 0.378 e. The molecule has 6 nitrogen and oxygen atoms in total. The van der Waals surface area contributed by atoms with Gasteiger partial charge in [0.25, 0.3) is 5.91 Å². The summed E-state index contributed by atoms with van der Waals surface area (Å²) in [4.78, 5) is 22.8. The second-order valence-corrected chi connectivity index (χ2v) is 5.56. The first-order chi connectivity index (χ1) is 11.1. The summed E-state index contributed by atoms with van der Waals surface area (Å²) in [6, 6.07) is 7.71. The number of aryl methyl sites for hydroxylation is 2. The van der Waals surface area contributed by atoms with Crippen molar-refractivity contribution in [2.24, 2.45) is 0 Å². The Labute approximate surface area is 135 Å². The Balaban J connectivity index is 1.81. The minimum absolute atomic E-state index is 0.0831. The summed E-state index contributed by atoms with van der Waals surface area (Å²) in [5, 5.41) is 3.22. The Morgan fingerprint density at radius 1 is 1.17 bits per heavy atom. The van der Waals surface area contributed by atoms with Gasteiger partial charge in [-0.1, -0.05) is 18.2 Å². The zero-order valence-corrected chi connectivity index (χ0v) is 13.4. The Bertz CT molecular complexity index is 691. The Hall–Kier alpha value is -2.47. The molecule has 0 spiro atoms. The summed E-state index contributed by atoms with van der Waals surface area (Å²) in [5.41, 5.74) is 3.59. The van der Waals surface area contributed by atoms with Crippen LogP contribution in [0.5, 0.6) is 0 Å². The minimum Gasteiger partial charge on any atom is -0.378 e. The van der Waals surface area contributed by atoms with Crippen LogP contribution in [0.15, 0.2) is 30.5 Å². The van der Waals surface area contributed by atoms with E-state index >= 15 is 0 Å². The first-order valence-electron chi connectivity index (χ1n) is 7.68. The molecule has 2 heterocycles. The maximum absolute atomic E-state index is 12.5. The van der Waals surface area contributed by atoms with Crippen LogP contribution < -0.4 is 5.32 Å². The second-order valence-electron chi connectivity index (χ2n) is 5.56. The Morgan fingerprint density at radius 3 is 2.57 bits per heavy atom. The zero-order chi connectivity index (χ0) is 16.2. The van der Waals surface area contributed by atoms with E-state index in [0.29, 0.717) is 37.9 Å². The van der Waals surface area contributed by atoms with Gasteiger partial charge in [-0.3, -0.25) is 4.79 Å². The summed E-state index contributed by atoms with van der Waals surface area (Å²) >= 11 is 0. The predicted octanol–water partition coefficient (Wildman–Crippen LogP) is 2.31. The molecule has 0 saturated carbocycles. The number of morpholine rings is 1. The zero-order valence-electron chi connectivity index (χ0n) is 13.4. The summed E-state index contributed by atoms with van der Waals surface area (Å²) in [6.07, 6.45) is 1.61. The van der Waals surface area contributed by atoms with Crippen molar-refractivity contribution in [1.29, 1.82) is 0 Å². The number of aromatic nitrogens is 2. The molecule has 3 rings (SSSR count). The molecule has 0 radical (unpaired) electrons. The first-order valence-corrected chi connectivity index (χ1v) is 7.68. The topological polar surface area (TPSA) is 67.4 Å². The first kappa shape index (κ1) is 15.4. The van der Waals surface area contributed by atoms with Gasteiger partial charge in [0.05, 0.1) is 13.2 Å². The van der Waals surface area contributed by atoms with Crippen molar-refractivity contribution in [2.75, 3.05) is 31.6 Å². The number of anilines is 2. The molecule has 0 bridgehead atoms. The second kappa shape index (κ2) is 6.75. The molecule has 1 aliphatic heterocycles. The lowest BCUT2D eigenvalue weighted by Crippen LogP contribution is -2.41. The molecular weight excluding hydrogens is 292 g/mol. The normalized spacial score (nSPS) is 14.6. The van der Waals surface area contributed by atoms with Gasteiger partial charge in [-0.15, -0.1) is 0 Å². The Morgan fingerprint density at radius 2 is 1.87 bits per heavy atom. The molecule has 1 fully saturated rings. The van der Waals surface area contributed by atoms with Crippen molar-refractivity contribution in [3.8, 4) is 0 Å². The van der Waals surface area contributed by atoms with Gasteiger partial charge in [-0.05, 0) is 31.0 Å². The summed E-state index contributed by atoms with van der Waals surface area (Å²) < 4.78 is 5.28. The van der Waals surface area contributed by atoms with Gasteiger partial charge in [-0.2, -0.15) is 0 Å². The quantitative estimate of drug-likeness (QED) is 0.942. The number of nitrogens with one attached hydrogen (secondary N) is 1. The SMILES string of the molecule is Cc1cccc(C)c1Nc1nccc(C(=O)N2CCOCC2)n1. The van der Waals surface area contributed by atoms with E-state index in [1.807, 2.05) is 32.0 Å². The van der Waals surface area contributed by atoms with Crippen LogP contribution in [0.2, 0.25) is 0 Å².